The average Bonchev–Trinajstić information content (AvgIpc) is 2.58. The van der Waals surface area contributed by atoms with Crippen molar-refractivity contribution < 1.29 is 17.9 Å². The van der Waals surface area contributed by atoms with Gasteiger partial charge in [-0.1, -0.05) is 45.7 Å². The van der Waals surface area contributed by atoms with Crippen molar-refractivity contribution in [3.05, 3.63) is 63.1 Å². The second-order valence-corrected chi connectivity index (χ2v) is 7.26. The maximum atomic E-state index is 12.4. The molecule has 1 N–H and O–H groups in total. The number of nitrogens with one attached hydrogen (secondary N) is 1. The molecule has 1 aliphatic rings. The van der Waals surface area contributed by atoms with Crippen molar-refractivity contribution >= 4 is 52.3 Å². The highest BCUT2D eigenvalue weighted by Crippen LogP contribution is 2.36. The summed E-state index contributed by atoms with van der Waals surface area (Å²) in [5.74, 6) is -0.226. The van der Waals surface area contributed by atoms with Gasteiger partial charge in [0.25, 0.3) is 0 Å². The second-order valence-electron chi connectivity index (χ2n) is 5.97. The Kier molecular flexibility index (Phi) is 9.86. The summed E-state index contributed by atoms with van der Waals surface area (Å²) in [4.78, 5) is 2.30. The first-order chi connectivity index (χ1) is 12.3. The minimum atomic E-state index is -4.70. The van der Waals surface area contributed by atoms with E-state index in [4.69, 9.17) is 11.6 Å². The molecule has 0 aliphatic carbocycles. The molecule has 28 heavy (non-hydrogen) atoms. The fourth-order valence-corrected chi connectivity index (χ4v) is 4.00. The Balaban J connectivity index is 0.00000196. The van der Waals surface area contributed by atoms with Crippen molar-refractivity contribution in [1.29, 1.82) is 0 Å². The Morgan fingerprint density at radius 2 is 1.64 bits per heavy atom. The van der Waals surface area contributed by atoms with Crippen molar-refractivity contribution in [3.8, 4) is 5.75 Å². The van der Waals surface area contributed by atoms with Crippen LogP contribution in [0.25, 0.3) is 0 Å². The Morgan fingerprint density at radius 3 is 2.18 bits per heavy atom. The molecule has 1 saturated heterocycles. The smallest absolute Gasteiger partial charge is 0.406 e. The van der Waals surface area contributed by atoms with Gasteiger partial charge in [-0.2, -0.15) is 0 Å². The van der Waals surface area contributed by atoms with Gasteiger partial charge in [0.05, 0.1) is 6.04 Å². The van der Waals surface area contributed by atoms with E-state index in [0.717, 1.165) is 41.8 Å². The van der Waals surface area contributed by atoms with Gasteiger partial charge in [-0.25, -0.2) is 0 Å². The van der Waals surface area contributed by atoms with E-state index in [2.05, 4.69) is 30.9 Å². The molecular weight excluding hydrogens is 503 g/mol. The molecule has 0 saturated carbocycles. The predicted molar refractivity (Wildman–Crippen MR) is 113 cm³/mol. The van der Waals surface area contributed by atoms with E-state index in [9.17, 15) is 13.2 Å². The number of hydrogen-bond acceptors (Lipinski definition) is 3. The molecule has 3 nitrogen and oxygen atoms in total. The molecule has 0 spiro atoms. The van der Waals surface area contributed by atoms with E-state index in [1.165, 1.54) is 12.1 Å². The van der Waals surface area contributed by atoms with E-state index in [1.807, 2.05) is 18.2 Å². The molecule has 10 heteroatoms. The first-order valence-electron chi connectivity index (χ1n) is 8.09. The number of hydrogen-bond donors (Lipinski definition) is 1. The highest BCUT2D eigenvalue weighted by atomic mass is 79.9. The van der Waals surface area contributed by atoms with Crippen LogP contribution in [0, 0.1) is 0 Å². The van der Waals surface area contributed by atoms with Crippen LogP contribution in [0.3, 0.4) is 0 Å². The topological polar surface area (TPSA) is 24.5 Å². The van der Waals surface area contributed by atoms with Gasteiger partial charge in [0, 0.05) is 35.7 Å². The Morgan fingerprint density at radius 1 is 1.04 bits per heavy atom. The third-order valence-electron chi connectivity index (χ3n) is 4.20. The van der Waals surface area contributed by atoms with Crippen LogP contribution in [-0.4, -0.2) is 37.4 Å². The Labute approximate surface area is 187 Å². The molecule has 0 unspecified atom stereocenters. The summed E-state index contributed by atoms with van der Waals surface area (Å²) >= 11 is 9.62. The first-order valence-corrected chi connectivity index (χ1v) is 9.26. The highest BCUT2D eigenvalue weighted by Gasteiger charge is 2.31. The van der Waals surface area contributed by atoms with Crippen LogP contribution in [0.5, 0.6) is 5.75 Å². The van der Waals surface area contributed by atoms with E-state index in [0.29, 0.717) is 5.02 Å². The lowest BCUT2D eigenvalue weighted by atomic mass is 9.96. The molecule has 156 valence electrons. The zero-order valence-electron chi connectivity index (χ0n) is 14.5. The third-order valence-corrected chi connectivity index (χ3v) is 5.13. The average molecular weight is 523 g/mol. The van der Waals surface area contributed by atoms with Gasteiger partial charge in [0.1, 0.15) is 5.75 Å². The molecule has 2 aromatic carbocycles. The van der Waals surface area contributed by atoms with E-state index in [1.54, 1.807) is 12.1 Å². The molecule has 0 aromatic heterocycles. The zero-order valence-corrected chi connectivity index (χ0v) is 18.5. The molecule has 0 radical (unpaired) electrons. The molecule has 1 aliphatic heterocycles. The summed E-state index contributed by atoms with van der Waals surface area (Å²) in [7, 11) is 0. The molecule has 2 aromatic rings. The SMILES string of the molecule is Cl.Cl.FC(F)(F)Oc1ccc([C@@H](c2ccc(Cl)cc2Br)N2CCNCC2)cc1. The van der Waals surface area contributed by atoms with Gasteiger partial charge in [-0.05, 0) is 35.4 Å². The van der Waals surface area contributed by atoms with Crippen LogP contribution < -0.4 is 10.1 Å². The normalized spacial score (nSPS) is 15.9. The van der Waals surface area contributed by atoms with Crippen molar-refractivity contribution in [1.82, 2.24) is 10.2 Å². The summed E-state index contributed by atoms with van der Waals surface area (Å²) in [6.07, 6.45) is -4.70. The second kappa shape index (κ2) is 10.9. The van der Waals surface area contributed by atoms with E-state index < -0.39 is 6.36 Å². The first kappa shape index (κ1) is 25.3. The molecular formula is C18H19BrCl3F3N2O. The summed E-state index contributed by atoms with van der Waals surface area (Å²) in [6, 6.07) is 11.5. The van der Waals surface area contributed by atoms with Crippen molar-refractivity contribution in [3.63, 3.8) is 0 Å². The molecule has 3 rings (SSSR count). The predicted octanol–water partition coefficient (Wildman–Crippen LogP) is 5.84. The van der Waals surface area contributed by atoms with Crippen LogP contribution >= 0.6 is 52.3 Å². The van der Waals surface area contributed by atoms with Crippen LogP contribution in [0.2, 0.25) is 5.02 Å². The lowest BCUT2D eigenvalue weighted by Crippen LogP contribution is -2.45. The van der Waals surface area contributed by atoms with Gasteiger partial charge in [-0.3, -0.25) is 4.90 Å². The molecule has 1 fully saturated rings. The number of benzene rings is 2. The summed E-state index contributed by atoms with van der Waals surface area (Å²) < 4.78 is 42.0. The maximum absolute atomic E-state index is 12.4. The van der Waals surface area contributed by atoms with Gasteiger partial charge < -0.3 is 10.1 Å². The highest BCUT2D eigenvalue weighted by molar-refractivity contribution is 9.10. The van der Waals surface area contributed by atoms with Gasteiger partial charge in [0.15, 0.2) is 0 Å². The van der Waals surface area contributed by atoms with E-state index in [-0.39, 0.29) is 36.6 Å². The number of piperazine rings is 1. The van der Waals surface area contributed by atoms with Crippen LogP contribution in [0.4, 0.5) is 13.2 Å². The number of alkyl halides is 3. The summed E-state index contributed by atoms with van der Waals surface area (Å²) in [6.45, 7) is 3.38. The minimum absolute atomic E-state index is 0. The van der Waals surface area contributed by atoms with Crippen LogP contribution in [0.1, 0.15) is 17.2 Å². The molecule has 0 bridgehead atoms. The third kappa shape index (κ3) is 6.68. The monoisotopic (exact) mass is 520 g/mol. The van der Waals surface area contributed by atoms with Gasteiger partial charge in [0.2, 0.25) is 0 Å². The lowest BCUT2D eigenvalue weighted by molar-refractivity contribution is -0.274. The standard InChI is InChI=1S/C18H17BrClF3N2O.2ClH/c19-16-11-13(20)3-6-15(16)17(25-9-7-24-8-10-25)12-1-4-14(5-2-12)26-18(21,22)23;;/h1-6,11,17,24H,7-10H2;2*1H/t17-;;/m0../s1. The number of halogens is 7. The Bertz CT molecular complexity index is 757. The Hall–Kier alpha value is -0.700. The van der Waals surface area contributed by atoms with Crippen LogP contribution in [-0.2, 0) is 0 Å². The summed E-state index contributed by atoms with van der Waals surface area (Å²) in [5.41, 5.74) is 1.91. The maximum Gasteiger partial charge on any atom is 0.573 e. The van der Waals surface area contributed by atoms with Crippen molar-refractivity contribution in [2.45, 2.75) is 12.4 Å². The fraction of sp³-hybridized carbons (Fsp3) is 0.333. The summed E-state index contributed by atoms with van der Waals surface area (Å²) in [5, 5.41) is 3.93. The zero-order chi connectivity index (χ0) is 18.7. The van der Waals surface area contributed by atoms with Crippen molar-refractivity contribution in [2.24, 2.45) is 0 Å². The van der Waals surface area contributed by atoms with Gasteiger partial charge in [-0.15, -0.1) is 38.0 Å². The minimum Gasteiger partial charge on any atom is -0.406 e. The fourth-order valence-electron chi connectivity index (χ4n) is 3.10. The number of ether oxygens (including phenoxy) is 1. The number of nitrogens with zero attached hydrogens (tertiary/aromatic N) is 1. The molecule has 1 heterocycles. The van der Waals surface area contributed by atoms with Crippen molar-refractivity contribution in [2.75, 3.05) is 26.2 Å². The lowest BCUT2D eigenvalue weighted by Gasteiger charge is -2.36. The van der Waals surface area contributed by atoms with Crippen LogP contribution in [0.15, 0.2) is 46.9 Å². The largest absolute Gasteiger partial charge is 0.573 e. The quantitative estimate of drug-likeness (QED) is 0.546. The molecule has 1 atom stereocenters. The van der Waals surface area contributed by atoms with Gasteiger partial charge >= 0.3 is 6.36 Å². The molecule has 0 amide bonds. The van der Waals surface area contributed by atoms with E-state index >= 15 is 0 Å². The number of rotatable bonds is 4.